The average molecular weight is 564 g/mol. The third-order valence-electron chi connectivity index (χ3n) is 6.13. The van der Waals surface area contributed by atoms with E-state index >= 15 is 0 Å². The Morgan fingerprint density at radius 1 is 1.11 bits per heavy atom. The van der Waals surface area contributed by atoms with E-state index in [1.807, 2.05) is 0 Å². The summed E-state index contributed by atoms with van der Waals surface area (Å²) in [7, 11) is -3.52. The highest BCUT2D eigenvalue weighted by Gasteiger charge is 2.63. The average Bonchev–Trinajstić information content (AvgIpc) is 3.73. The summed E-state index contributed by atoms with van der Waals surface area (Å²) < 4.78 is 96.2. The van der Waals surface area contributed by atoms with Gasteiger partial charge in [-0.05, 0) is 43.4 Å². The highest BCUT2D eigenvalue weighted by molar-refractivity contribution is 7.92. The van der Waals surface area contributed by atoms with Gasteiger partial charge >= 0.3 is 12.1 Å². The Balaban J connectivity index is 1.60. The Labute approximate surface area is 212 Å². The maximum Gasteiger partial charge on any atom is 0.459 e. The number of nitrogens with one attached hydrogen (secondary N) is 1. The third kappa shape index (κ3) is 4.49. The van der Waals surface area contributed by atoms with Gasteiger partial charge in [0.1, 0.15) is 4.90 Å². The second-order valence-corrected chi connectivity index (χ2v) is 11.6. The van der Waals surface area contributed by atoms with Gasteiger partial charge in [0.25, 0.3) is 5.91 Å². The summed E-state index contributed by atoms with van der Waals surface area (Å²) in [6.45, 7) is 0. The second-order valence-electron chi connectivity index (χ2n) is 9.06. The van der Waals surface area contributed by atoms with Gasteiger partial charge in [-0.25, -0.2) is 17.8 Å². The molecule has 8 nitrogen and oxygen atoms in total. The summed E-state index contributed by atoms with van der Waals surface area (Å²) in [4.78, 5) is 11.3. The van der Waals surface area contributed by atoms with E-state index in [2.05, 4.69) is 15.5 Å². The molecule has 0 saturated heterocycles. The van der Waals surface area contributed by atoms with Crippen molar-refractivity contribution in [1.82, 2.24) is 24.9 Å². The number of rotatable bonds is 7. The molecule has 1 aromatic carbocycles. The standard InChI is InChI=1S/C22H19ClF5N5O3S/c1-32-20(17(37(35,36)14-5-6-14)18(31-32)21(24,25)22(26,27)28)33-10-12(9-29-33)11-2-7-16(23)15(8-11)19(34)30-13-3-4-13/h2,7-10,13-14H,3-6H2,1H3,(H,30,34). The Bertz CT molecular complexity index is 1510. The minimum absolute atomic E-state index is 0.0793. The van der Waals surface area contributed by atoms with Gasteiger partial charge in [0.2, 0.25) is 0 Å². The van der Waals surface area contributed by atoms with Gasteiger partial charge in [0.05, 0.1) is 22.0 Å². The van der Waals surface area contributed by atoms with Crippen LogP contribution in [-0.4, -0.2) is 51.4 Å². The number of aryl methyl sites for hydroxylation is 1. The first kappa shape index (κ1) is 25.6. The van der Waals surface area contributed by atoms with Crippen LogP contribution in [0.3, 0.4) is 0 Å². The lowest BCUT2D eigenvalue weighted by Gasteiger charge is -2.18. The quantitative estimate of drug-likeness (QED) is 0.430. The van der Waals surface area contributed by atoms with E-state index in [1.54, 1.807) is 6.07 Å². The van der Waals surface area contributed by atoms with Crippen LogP contribution in [0.1, 0.15) is 41.7 Å². The summed E-state index contributed by atoms with van der Waals surface area (Å²) in [5.41, 5.74) is -0.945. The van der Waals surface area contributed by atoms with Gasteiger partial charge in [-0.15, -0.1) is 0 Å². The first-order valence-corrected chi connectivity index (χ1v) is 13.1. The normalized spacial score (nSPS) is 16.7. The highest BCUT2D eigenvalue weighted by Crippen LogP contribution is 2.48. The summed E-state index contributed by atoms with van der Waals surface area (Å²) in [6, 6.07) is 4.60. The molecule has 2 fully saturated rings. The number of alkyl halides is 5. The molecule has 37 heavy (non-hydrogen) atoms. The molecule has 198 valence electrons. The topological polar surface area (TPSA) is 98.9 Å². The number of sulfone groups is 1. The first-order chi connectivity index (χ1) is 17.2. The van der Waals surface area contributed by atoms with Crippen LogP contribution in [0.15, 0.2) is 35.5 Å². The van der Waals surface area contributed by atoms with E-state index in [-0.39, 0.29) is 35.4 Å². The Morgan fingerprint density at radius 2 is 1.78 bits per heavy atom. The Hall–Kier alpha value is -3.00. The van der Waals surface area contributed by atoms with Gasteiger partial charge in [-0.2, -0.15) is 32.1 Å². The molecule has 0 radical (unpaired) electrons. The van der Waals surface area contributed by atoms with Crippen molar-refractivity contribution in [3.8, 4) is 16.9 Å². The van der Waals surface area contributed by atoms with Crippen LogP contribution in [0, 0.1) is 0 Å². The fourth-order valence-electron chi connectivity index (χ4n) is 3.85. The summed E-state index contributed by atoms with van der Waals surface area (Å²) >= 11 is 6.17. The number of halogens is 6. The van der Waals surface area contributed by atoms with Crippen LogP contribution in [0.4, 0.5) is 22.0 Å². The van der Waals surface area contributed by atoms with Crippen LogP contribution >= 0.6 is 11.6 Å². The minimum Gasteiger partial charge on any atom is -0.349 e. The van der Waals surface area contributed by atoms with Gasteiger partial charge in [0.15, 0.2) is 21.3 Å². The predicted molar refractivity (Wildman–Crippen MR) is 121 cm³/mol. The number of carbonyl (C=O) groups is 1. The molecule has 1 amide bonds. The zero-order valence-corrected chi connectivity index (χ0v) is 20.6. The molecule has 2 aliphatic rings. The molecule has 0 atom stereocenters. The summed E-state index contributed by atoms with van der Waals surface area (Å²) in [5, 5.41) is 9.24. The van der Waals surface area contributed by atoms with Crippen molar-refractivity contribution in [3.05, 3.63) is 46.9 Å². The van der Waals surface area contributed by atoms with Crippen molar-refractivity contribution in [3.63, 3.8) is 0 Å². The third-order valence-corrected chi connectivity index (χ3v) is 8.76. The molecular formula is C22H19ClF5N5O3S. The molecule has 15 heteroatoms. The number of benzene rings is 1. The Morgan fingerprint density at radius 3 is 2.38 bits per heavy atom. The second kappa shape index (κ2) is 8.51. The van der Waals surface area contributed by atoms with Crippen molar-refractivity contribution in [1.29, 1.82) is 0 Å². The zero-order valence-electron chi connectivity index (χ0n) is 19.1. The van der Waals surface area contributed by atoms with Crippen LogP contribution < -0.4 is 5.32 Å². The van der Waals surface area contributed by atoms with Gasteiger partial charge < -0.3 is 5.32 Å². The fourth-order valence-corrected chi connectivity index (χ4v) is 6.06. The van der Waals surface area contributed by atoms with Crippen molar-refractivity contribution in [2.75, 3.05) is 0 Å². The van der Waals surface area contributed by atoms with Gasteiger partial charge in [-0.1, -0.05) is 17.7 Å². The number of carbonyl (C=O) groups excluding carboxylic acids is 1. The lowest BCUT2D eigenvalue weighted by atomic mass is 10.1. The highest BCUT2D eigenvalue weighted by atomic mass is 35.5. The number of hydrogen-bond donors (Lipinski definition) is 1. The maximum absolute atomic E-state index is 14.4. The van der Waals surface area contributed by atoms with E-state index in [0.29, 0.717) is 15.8 Å². The van der Waals surface area contributed by atoms with E-state index in [9.17, 15) is 35.2 Å². The smallest absolute Gasteiger partial charge is 0.349 e. The monoisotopic (exact) mass is 563 g/mol. The van der Waals surface area contributed by atoms with Gasteiger partial charge in [0, 0.05) is 24.8 Å². The number of nitrogens with zero attached hydrogens (tertiary/aromatic N) is 4. The molecule has 2 aliphatic carbocycles. The van der Waals surface area contributed by atoms with Crippen LogP contribution in [0.25, 0.3) is 16.9 Å². The molecule has 5 rings (SSSR count). The van der Waals surface area contributed by atoms with Crippen molar-refractivity contribution in [2.24, 2.45) is 7.05 Å². The van der Waals surface area contributed by atoms with E-state index in [4.69, 9.17) is 11.6 Å². The molecule has 2 heterocycles. The lowest BCUT2D eigenvalue weighted by Crippen LogP contribution is -2.35. The molecular weight excluding hydrogens is 545 g/mol. The zero-order chi connectivity index (χ0) is 26.9. The van der Waals surface area contributed by atoms with Gasteiger partial charge in [-0.3, -0.25) is 4.79 Å². The fraction of sp³-hybridized carbons (Fsp3) is 0.409. The Kier molecular flexibility index (Phi) is 5.90. The predicted octanol–water partition coefficient (Wildman–Crippen LogP) is 4.41. The number of amides is 1. The molecule has 0 aliphatic heterocycles. The molecule has 2 saturated carbocycles. The molecule has 3 aromatic rings. The molecule has 0 unspecified atom stereocenters. The van der Waals surface area contributed by atoms with E-state index < -0.39 is 43.6 Å². The van der Waals surface area contributed by atoms with Crippen LogP contribution in [0.5, 0.6) is 0 Å². The molecule has 0 bridgehead atoms. The molecule has 1 N–H and O–H groups in total. The van der Waals surface area contributed by atoms with Crippen molar-refractivity contribution >= 4 is 27.3 Å². The van der Waals surface area contributed by atoms with Crippen LogP contribution in [-0.2, 0) is 22.8 Å². The van der Waals surface area contributed by atoms with Crippen molar-refractivity contribution in [2.45, 2.75) is 54.0 Å². The minimum atomic E-state index is -6.07. The summed E-state index contributed by atoms with van der Waals surface area (Å²) in [5.74, 6) is -6.46. The molecule has 2 aromatic heterocycles. The molecule has 0 spiro atoms. The van der Waals surface area contributed by atoms with Crippen molar-refractivity contribution < 1.29 is 35.2 Å². The lowest BCUT2D eigenvalue weighted by molar-refractivity contribution is -0.292. The first-order valence-electron chi connectivity index (χ1n) is 11.1. The summed E-state index contributed by atoms with van der Waals surface area (Å²) in [6.07, 6.45) is -1.56. The van der Waals surface area contributed by atoms with E-state index in [0.717, 1.165) is 24.6 Å². The van der Waals surface area contributed by atoms with E-state index in [1.165, 1.54) is 24.5 Å². The maximum atomic E-state index is 14.4. The SMILES string of the molecule is Cn1nc(C(F)(F)C(F)(F)F)c(S(=O)(=O)C2CC2)c1-n1cc(-c2ccc(Cl)c(C(=O)NC3CC3)c2)cn1. The number of aromatic nitrogens is 4. The van der Waals surface area contributed by atoms with Crippen LogP contribution in [0.2, 0.25) is 5.02 Å². The largest absolute Gasteiger partial charge is 0.459 e. The number of hydrogen-bond acceptors (Lipinski definition) is 5.